The van der Waals surface area contributed by atoms with Crippen molar-refractivity contribution in [3.8, 4) is 5.75 Å². The molecule has 1 amide bonds. The summed E-state index contributed by atoms with van der Waals surface area (Å²) < 4.78 is 5.44. The van der Waals surface area contributed by atoms with Crippen LogP contribution in [-0.4, -0.2) is 18.3 Å². The fourth-order valence-electron chi connectivity index (χ4n) is 2.59. The van der Waals surface area contributed by atoms with E-state index >= 15 is 0 Å². The van der Waals surface area contributed by atoms with Gasteiger partial charge in [-0.2, -0.15) is 0 Å². The van der Waals surface area contributed by atoms with Gasteiger partial charge in [0.15, 0.2) is 0 Å². The predicted octanol–water partition coefficient (Wildman–Crippen LogP) is 3.77. The van der Waals surface area contributed by atoms with Gasteiger partial charge in [0.05, 0.1) is 6.61 Å². The minimum atomic E-state index is -0.189. The molecule has 0 unspecified atom stereocenters. The number of carbonyl (C=O) groups is 1. The van der Waals surface area contributed by atoms with E-state index in [1.807, 2.05) is 49.4 Å². The number of nitrogens with two attached hydrogens (primary N) is 1. The Kier molecular flexibility index (Phi) is 4.66. The molecule has 3 aromatic rings. The first kappa shape index (κ1) is 16.5. The molecule has 0 fully saturated rings. The summed E-state index contributed by atoms with van der Waals surface area (Å²) in [5.41, 5.74) is 7.42. The molecule has 0 aliphatic heterocycles. The van der Waals surface area contributed by atoms with E-state index in [2.05, 4.69) is 5.32 Å². The minimum absolute atomic E-state index is 0.0258. The van der Waals surface area contributed by atoms with Gasteiger partial charge >= 0.3 is 0 Å². The number of nitrogens with one attached hydrogen (secondary N) is 2. The van der Waals surface area contributed by atoms with Crippen molar-refractivity contribution in [1.29, 1.82) is 5.41 Å². The molecule has 0 aliphatic carbocycles. The number of hydrogen-bond acceptors (Lipinski definition) is 3. The Balaban J connectivity index is 1.83. The van der Waals surface area contributed by atoms with Crippen LogP contribution in [0.25, 0.3) is 10.8 Å². The van der Waals surface area contributed by atoms with E-state index in [0.717, 1.165) is 16.5 Å². The molecule has 0 aromatic heterocycles. The highest BCUT2D eigenvalue weighted by molar-refractivity contribution is 6.07. The molecule has 5 nitrogen and oxygen atoms in total. The van der Waals surface area contributed by atoms with Crippen molar-refractivity contribution >= 4 is 28.2 Å². The van der Waals surface area contributed by atoms with Gasteiger partial charge < -0.3 is 15.8 Å². The topological polar surface area (TPSA) is 88.2 Å². The Labute approximate surface area is 145 Å². The molecule has 0 saturated heterocycles. The average molecular weight is 333 g/mol. The number of nitrogen functional groups attached to an aromatic ring is 1. The Morgan fingerprint density at radius 3 is 2.40 bits per heavy atom. The molecule has 0 radical (unpaired) electrons. The van der Waals surface area contributed by atoms with Gasteiger partial charge in [0.25, 0.3) is 5.91 Å². The van der Waals surface area contributed by atoms with E-state index in [9.17, 15) is 4.79 Å². The smallest absolute Gasteiger partial charge is 0.255 e. The van der Waals surface area contributed by atoms with E-state index in [1.165, 1.54) is 0 Å². The van der Waals surface area contributed by atoms with Crippen molar-refractivity contribution in [1.82, 2.24) is 0 Å². The molecule has 0 bridgehead atoms. The fraction of sp³-hybridized carbons (Fsp3) is 0.100. The van der Waals surface area contributed by atoms with Crippen LogP contribution in [0.15, 0.2) is 60.7 Å². The first-order valence-corrected chi connectivity index (χ1v) is 7.99. The second kappa shape index (κ2) is 7.05. The number of fused-ring (bicyclic) bond motifs is 1. The maximum atomic E-state index is 12.5. The zero-order chi connectivity index (χ0) is 17.8. The monoisotopic (exact) mass is 333 g/mol. The number of carbonyl (C=O) groups excluding carboxylic acids is 1. The van der Waals surface area contributed by atoms with Crippen LogP contribution in [0.5, 0.6) is 5.75 Å². The maximum absolute atomic E-state index is 12.5. The van der Waals surface area contributed by atoms with Gasteiger partial charge in [0.2, 0.25) is 0 Å². The second-order valence-electron chi connectivity index (χ2n) is 5.61. The van der Waals surface area contributed by atoms with Crippen LogP contribution in [0, 0.1) is 5.41 Å². The highest BCUT2D eigenvalue weighted by Gasteiger charge is 2.08. The number of rotatable bonds is 5. The van der Waals surface area contributed by atoms with Crippen molar-refractivity contribution < 1.29 is 9.53 Å². The summed E-state index contributed by atoms with van der Waals surface area (Å²) in [6.07, 6.45) is 0. The van der Waals surface area contributed by atoms with Crippen molar-refractivity contribution in [2.45, 2.75) is 6.92 Å². The van der Waals surface area contributed by atoms with Crippen LogP contribution in [-0.2, 0) is 0 Å². The third-order valence-corrected chi connectivity index (χ3v) is 3.82. The summed E-state index contributed by atoms with van der Waals surface area (Å²) in [5.74, 6) is 0.555. The van der Waals surface area contributed by atoms with Crippen molar-refractivity contribution in [2.24, 2.45) is 5.73 Å². The Hall–Kier alpha value is -3.34. The lowest BCUT2D eigenvalue weighted by molar-refractivity contribution is 0.102. The Morgan fingerprint density at radius 1 is 1.04 bits per heavy atom. The summed E-state index contributed by atoms with van der Waals surface area (Å²) in [7, 11) is 0. The minimum Gasteiger partial charge on any atom is -0.494 e. The van der Waals surface area contributed by atoms with Gasteiger partial charge in [-0.15, -0.1) is 0 Å². The number of amides is 1. The van der Waals surface area contributed by atoms with Crippen LogP contribution in [0.3, 0.4) is 0 Å². The van der Waals surface area contributed by atoms with Gasteiger partial charge in [0, 0.05) is 22.9 Å². The van der Waals surface area contributed by atoms with Crippen molar-refractivity contribution in [2.75, 3.05) is 11.9 Å². The van der Waals surface area contributed by atoms with Crippen LogP contribution in [0.1, 0.15) is 22.8 Å². The highest BCUT2D eigenvalue weighted by atomic mass is 16.5. The molecular weight excluding hydrogens is 314 g/mol. The first-order valence-electron chi connectivity index (χ1n) is 7.99. The average Bonchev–Trinajstić information content (AvgIpc) is 2.61. The predicted molar refractivity (Wildman–Crippen MR) is 101 cm³/mol. The van der Waals surface area contributed by atoms with Crippen LogP contribution in [0.4, 0.5) is 5.69 Å². The quantitative estimate of drug-likeness (QED) is 0.490. The van der Waals surface area contributed by atoms with E-state index in [1.54, 1.807) is 18.2 Å². The van der Waals surface area contributed by atoms with Crippen LogP contribution >= 0.6 is 0 Å². The lowest BCUT2D eigenvalue weighted by atomic mass is 10.0. The first-order chi connectivity index (χ1) is 12.1. The molecule has 0 aliphatic rings. The fourth-order valence-corrected chi connectivity index (χ4v) is 2.59. The third-order valence-electron chi connectivity index (χ3n) is 3.82. The van der Waals surface area contributed by atoms with Crippen molar-refractivity contribution in [3.63, 3.8) is 0 Å². The van der Waals surface area contributed by atoms with E-state index in [4.69, 9.17) is 15.9 Å². The molecule has 0 spiro atoms. The lowest BCUT2D eigenvalue weighted by Crippen LogP contribution is -2.12. The zero-order valence-electron chi connectivity index (χ0n) is 13.9. The Morgan fingerprint density at radius 2 is 1.72 bits per heavy atom. The lowest BCUT2D eigenvalue weighted by Gasteiger charge is -2.09. The number of anilines is 1. The van der Waals surface area contributed by atoms with E-state index in [0.29, 0.717) is 23.4 Å². The summed E-state index contributed by atoms with van der Waals surface area (Å²) in [5, 5.41) is 12.2. The molecule has 25 heavy (non-hydrogen) atoms. The van der Waals surface area contributed by atoms with E-state index in [-0.39, 0.29) is 11.7 Å². The number of amidine groups is 1. The SMILES string of the molecule is CCOc1cccc(NC(=O)c2ccc3cc(C(=N)N)ccc3c2)c1. The summed E-state index contributed by atoms with van der Waals surface area (Å²) in [6.45, 7) is 2.49. The van der Waals surface area contributed by atoms with Gasteiger partial charge in [-0.3, -0.25) is 10.2 Å². The Bertz CT molecular complexity index is 951. The molecule has 0 heterocycles. The third kappa shape index (κ3) is 3.77. The molecular formula is C20H19N3O2. The van der Waals surface area contributed by atoms with Gasteiger partial charge in [-0.05, 0) is 48.0 Å². The van der Waals surface area contributed by atoms with Gasteiger partial charge in [-0.25, -0.2) is 0 Å². The molecule has 126 valence electrons. The number of hydrogen-bond donors (Lipinski definition) is 3. The molecule has 0 atom stereocenters. The molecule has 3 rings (SSSR count). The standard InChI is InChI=1S/C20H19N3O2/c1-2-25-18-5-3-4-17(12-18)23-20(24)16-9-7-13-10-15(19(21)22)8-6-14(13)11-16/h3-12H,2H2,1H3,(H3,21,22)(H,23,24). The van der Waals surface area contributed by atoms with Gasteiger partial charge in [0.1, 0.15) is 11.6 Å². The highest BCUT2D eigenvalue weighted by Crippen LogP contribution is 2.21. The van der Waals surface area contributed by atoms with Gasteiger partial charge in [-0.1, -0.05) is 24.3 Å². The normalized spacial score (nSPS) is 10.4. The molecule has 3 aromatic carbocycles. The molecule has 5 heteroatoms. The molecule has 0 saturated carbocycles. The summed E-state index contributed by atoms with van der Waals surface area (Å²) in [6, 6.07) is 18.2. The van der Waals surface area contributed by atoms with E-state index < -0.39 is 0 Å². The number of benzene rings is 3. The zero-order valence-corrected chi connectivity index (χ0v) is 13.9. The number of ether oxygens (including phenoxy) is 1. The summed E-state index contributed by atoms with van der Waals surface area (Å²) in [4.78, 5) is 12.5. The van der Waals surface area contributed by atoms with Crippen molar-refractivity contribution in [3.05, 3.63) is 71.8 Å². The maximum Gasteiger partial charge on any atom is 0.255 e. The molecule has 4 N–H and O–H groups in total. The summed E-state index contributed by atoms with van der Waals surface area (Å²) >= 11 is 0. The second-order valence-corrected chi connectivity index (χ2v) is 5.61. The van der Waals surface area contributed by atoms with Crippen LogP contribution in [0.2, 0.25) is 0 Å². The van der Waals surface area contributed by atoms with Crippen LogP contribution < -0.4 is 15.8 Å². The largest absolute Gasteiger partial charge is 0.494 e.